The average Bonchev–Trinajstić information content (AvgIpc) is 3.01. The van der Waals surface area contributed by atoms with Crippen molar-refractivity contribution < 1.29 is 9.15 Å². The third-order valence-corrected chi connectivity index (χ3v) is 3.91. The van der Waals surface area contributed by atoms with E-state index < -0.39 is 0 Å². The lowest BCUT2D eigenvalue weighted by Crippen LogP contribution is -2.28. The van der Waals surface area contributed by atoms with Crippen molar-refractivity contribution >= 4 is 0 Å². The van der Waals surface area contributed by atoms with Gasteiger partial charge in [-0.2, -0.15) is 0 Å². The van der Waals surface area contributed by atoms with Gasteiger partial charge in [0.15, 0.2) is 0 Å². The van der Waals surface area contributed by atoms with Crippen LogP contribution in [-0.2, 0) is 0 Å². The summed E-state index contributed by atoms with van der Waals surface area (Å²) in [4.78, 5) is 0. The number of rotatable bonds is 3. The molecule has 4 rings (SSSR count). The first-order chi connectivity index (χ1) is 11.8. The van der Waals surface area contributed by atoms with E-state index in [1.54, 1.807) is 0 Å². The van der Waals surface area contributed by atoms with Gasteiger partial charge < -0.3 is 9.62 Å². The highest BCUT2D eigenvalue weighted by Crippen LogP contribution is 2.34. The molecule has 4 aromatic rings. The maximum absolute atomic E-state index is 13.0. The second-order valence-electron chi connectivity index (χ2n) is 5.48. The van der Waals surface area contributed by atoms with Crippen molar-refractivity contribution in [2.45, 2.75) is 0 Å². The third kappa shape index (κ3) is 2.46. The van der Waals surface area contributed by atoms with Crippen molar-refractivity contribution in [3.8, 4) is 34.0 Å². The summed E-state index contributed by atoms with van der Waals surface area (Å²) in [6.07, 6.45) is 0. The lowest BCUT2D eigenvalue weighted by atomic mass is 10.1. The van der Waals surface area contributed by atoms with Crippen LogP contribution in [0.1, 0.15) is 0 Å². The molecule has 0 radical (unpaired) electrons. The van der Waals surface area contributed by atoms with E-state index in [1.807, 2.05) is 91.0 Å². The van der Waals surface area contributed by atoms with Crippen molar-refractivity contribution in [1.82, 2.24) is 0 Å². The van der Waals surface area contributed by atoms with Gasteiger partial charge in [0.1, 0.15) is 0 Å². The number of oxazole rings is 1. The molecule has 1 heterocycles. The fourth-order valence-electron chi connectivity index (χ4n) is 2.77. The van der Waals surface area contributed by atoms with Gasteiger partial charge in [0, 0.05) is 5.56 Å². The van der Waals surface area contributed by atoms with Crippen molar-refractivity contribution in [1.29, 1.82) is 0 Å². The van der Waals surface area contributed by atoms with Crippen LogP contribution >= 0.6 is 0 Å². The van der Waals surface area contributed by atoms with Crippen LogP contribution in [0.25, 0.3) is 34.0 Å². The summed E-state index contributed by atoms with van der Waals surface area (Å²) in [5, 5.41) is 13.0. The molecular weight excluding hydrogens is 298 g/mol. The average molecular weight is 313 g/mol. The fourth-order valence-corrected chi connectivity index (χ4v) is 2.77. The molecule has 0 N–H and O–H groups in total. The minimum absolute atomic E-state index is 0.299. The zero-order chi connectivity index (χ0) is 16.4. The molecule has 0 fully saturated rings. The first kappa shape index (κ1) is 14.3. The standard InChI is InChI=1S/C21H15NO2/c23-22-19(16-10-4-1-5-11-16)20(17-12-6-2-7-13-17)24-21(22)18-14-8-3-9-15-18/h1-15H. The van der Waals surface area contributed by atoms with Crippen LogP contribution in [0.15, 0.2) is 95.4 Å². The maximum atomic E-state index is 13.0. The molecule has 0 aliphatic heterocycles. The van der Waals surface area contributed by atoms with Gasteiger partial charge >= 0.3 is 5.89 Å². The van der Waals surface area contributed by atoms with Crippen LogP contribution in [-0.4, -0.2) is 0 Å². The summed E-state index contributed by atoms with van der Waals surface area (Å²) in [7, 11) is 0. The smallest absolute Gasteiger partial charge is 0.393 e. The normalized spacial score (nSPS) is 10.7. The summed E-state index contributed by atoms with van der Waals surface area (Å²) in [5.74, 6) is 0.879. The molecule has 0 amide bonds. The predicted octanol–water partition coefficient (Wildman–Crippen LogP) is 4.91. The molecule has 0 spiro atoms. The second kappa shape index (κ2) is 6.05. The highest BCUT2D eigenvalue weighted by Gasteiger charge is 2.28. The monoisotopic (exact) mass is 313 g/mol. The maximum Gasteiger partial charge on any atom is 0.393 e. The van der Waals surface area contributed by atoms with Gasteiger partial charge in [0.2, 0.25) is 5.76 Å². The van der Waals surface area contributed by atoms with Crippen LogP contribution in [0.2, 0.25) is 0 Å². The van der Waals surface area contributed by atoms with E-state index in [0.29, 0.717) is 17.3 Å². The first-order valence-corrected chi connectivity index (χ1v) is 7.77. The van der Waals surface area contributed by atoms with Crippen molar-refractivity contribution in [2.24, 2.45) is 0 Å². The Bertz CT molecular complexity index is 945. The van der Waals surface area contributed by atoms with E-state index in [2.05, 4.69) is 0 Å². The molecule has 3 nitrogen and oxygen atoms in total. The van der Waals surface area contributed by atoms with Crippen LogP contribution in [0.5, 0.6) is 0 Å². The molecule has 24 heavy (non-hydrogen) atoms. The summed E-state index contributed by atoms with van der Waals surface area (Å²) < 4.78 is 6.90. The molecule has 3 aromatic carbocycles. The van der Waals surface area contributed by atoms with Gasteiger partial charge in [-0.3, -0.25) is 0 Å². The molecule has 0 aliphatic rings. The molecule has 0 saturated carbocycles. The van der Waals surface area contributed by atoms with Crippen LogP contribution < -0.4 is 4.73 Å². The highest BCUT2D eigenvalue weighted by atomic mass is 16.5. The number of aromatic nitrogens is 1. The lowest BCUT2D eigenvalue weighted by molar-refractivity contribution is -0.584. The minimum atomic E-state index is 0.299. The number of hydrogen-bond donors (Lipinski definition) is 0. The Morgan fingerprint density at radius 1 is 0.583 bits per heavy atom. The molecule has 0 aliphatic carbocycles. The van der Waals surface area contributed by atoms with E-state index in [9.17, 15) is 5.21 Å². The Labute approximate surface area is 140 Å². The van der Waals surface area contributed by atoms with E-state index in [4.69, 9.17) is 4.42 Å². The predicted molar refractivity (Wildman–Crippen MR) is 94.0 cm³/mol. The van der Waals surface area contributed by atoms with Gasteiger partial charge in [0.05, 0.1) is 11.1 Å². The molecule has 3 heteroatoms. The Morgan fingerprint density at radius 3 is 1.58 bits per heavy atom. The fraction of sp³-hybridized carbons (Fsp3) is 0. The van der Waals surface area contributed by atoms with E-state index in [1.165, 1.54) is 0 Å². The van der Waals surface area contributed by atoms with Gasteiger partial charge in [-0.25, -0.2) is 0 Å². The molecule has 0 saturated heterocycles. The molecule has 0 bridgehead atoms. The Kier molecular flexibility index (Phi) is 3.60. The molecule has 0 atom stereocenters. The molecular formula is C21H15NO2. The van der Waals surface area contributed by atoms with Crippen molar-refractivity contribution in [2.75, 3.05) is 0 Å². The van der Waals surface area contributed by atoms with E-state index in [-0.39, 0.29) is 0 Å². The molecule has 1 aromatic heterocycles. The third-order valence-electron chi connectivity index (χ3n) is 3.91. The molecule has 0 unspecified atom stereocenters. The SMILES string of the molecule is [O-][n+]1c(-c2ccccc2)oc(-c2ccccc2)c1-c1ccccc1. The topological polar surface area (TPSA) is 40.1 Å². The summed E-state index contributed by atoms with van der Waals surface area (Å²) in [5.41, 5.74) is 2.99. The van der Waals surface area contributed by atoms with E-state index in [0.717, 1.165) is 21.4 Å². The number of benzene rings is 3. The lowest BCUT2D eigenvalue weighted by Gasteiger charge is -2.01. The van der Waals surface area contributed by atoms with E-state index >= 15 is 0 Å². The van der Waals surface area contributed by atoms with Crippen LogP contribution in [0, 0.1) is 5.21 Å². The summed E-state index contributed by atoms with van der Waals surface area (Å²) in [6.45, 7) is 0. The first-order valence-electron chi connectivity index (χ1n) is 7.77. The zero-order valence-corrected chi connectivity index (χ0v) is 12.9. The summed E-state index contributed by atoms with van der Waals surface area (Å²) in [6, 6.07) is 28.7. The quantitative estimate of drug-likeness (QED) is 0.398. The van der Waals surface area contributed by atoms with Gasteiger partial charge in [-0.05, 0) is 24.3 Å². The Balaban J connectivity index is 1.99. The summed E-state index contributed by atoms with van der Waals surface area (Å²) >= 11 is 0. The number of hydrogen-bond acceptors (Lipinski definition) is 2. The van der Waals surface area contributed by atoms with Gasteiger partial charge in [-0.15, -0.1) is 4.73 Å². The number of nitrogens with zero attached hydrogens (tertiary/aromatic N) is 1. The van der Waals surface area contributed by atoms with Crippen molar-refractivity contribution in [3.63, 3.8) is 0 Å². The van der Waals surface area contributed by atoms with Crippen LogP contribution in [0.3, 0.4) is 0 Å². The van der Waals surface area contributed by atoms with Crippen molar-refractivity contribution in [3.05, 3.63) is 96.2 Å². The Hall–Kier alpha value is -3.33. The van der Waals surface area contributed by atoms with Gasteiger partial charge in [0.25, 0.3) is 5.69 Å². The zero-order valence-electron chi connectivity index (χ0n) is 12.9. The highest BCUT2D eigenvalue weighted by molar-refractivity contribution is 5.76. The Morgan fingerprint density at radius 2 is 1.04 bits per heavy atom. The van der Waals surface area contributed by atoms with Gasteiger partial charge in [-0.1, -0.05) is 66.7 Å². The minimum Gasteiger partial charge on any atom is -0.615 e. The van der Waals surface area contributed by atoms with Crippen LogP contribution in [0.4, 0.5) is 0 Å². The largest absolute Gasteiger partial charge is 0.615 e. The molecule has 116 valence electrons. The second-order valence-corrected chi connectivity index (χ2v) is 5.48.